The topological polar surface area (TPSA) is 21.3 Å². The summed E-state index contributed by atoms with van der Waals surface area (Å²) in [6.07, 6.45) is 0. The van der Waals surface area contributed by atoms with Crippen LogP contribution in [0.4, 0.5) is 4.39 Å². The van der Waals surface area contributed by atoms with Gasteiger partial charge in [-0.3, -0.25) is 0 Å². The van der Waals surface area contributed by atoms with Gasteiger partial charge in [-0.05, 0) is 36.8 Å². The predicted octanol–water partition coefficient (Wildman–Crippen LogP) is 5.08. The molecule has 0 unspecified atom stereocenters. The van der Waals surface area contributed by atoms with Gasteiger partial charge >= 0.3 is 0 Å². The van der Waals surface area contributed by atoms with E-state index in [1.807, 2.05) is 6.07 Å². The van der Waals surface area contributed by atoms with Crippen LogP contribution in [-0.4, -0.2) is 6.04 Å². The van der Waals surface area contributed by atoms with Crippen molar-refractivity contribution in [1.29, 1.82) is 0 Å². The minimum absolute atomic E-state index is 0.275. The van der Waals surface area contributed by atoms with Crippen molar-refractivity contribution in [3.8, 4) is 11.5 Å². The first-order chi connectivity index (χ1) is 9.95. The van der Waals surface area contributed by atoms with Gasteiger partial charge in [0.1, 0.15) is 17.3 Å². The first kappa shape index (κ1) is 15.8. The van der Waals surface area contributed by atoms with Crippen LogP contribution in [0.1, 0.15) is 25.0 Å². The Morgan fingerprint density at radius 1 is 1.19 bits per heavy atom. The molecular weight excluding hydrogens is 289 g/mol. The van der Waals surface area contributed by atoms with Crippen molar-refractivity contribution < 1.29 is 9.13 Å². The van der Waals surface area contributed by atoms with E-state index in [4.69, 9.17) is 16.3 Å². The molecule has 0 fully saturated rings. The molecule has 112 valence electrons. The van der Waals surface area contributed by atoms with E-state index in [0.717, 1.165) is 5.56 Å². The lowest BCUT2D eigenvalue weighted by molar-refractivity contribution is 0.464. The van der Waals surface area contributed by atoms with Gasteiger partial charge in [-0.2, -0.15) is 0 Å². The van der Waals surface area contributed by atoms with Gasteiger partial charge in [0, 0.05) is 29.2 Å². The maximum atomic E-state index is 13.6. The van der Waals surface area contributed by atoms with E-state index in [-0.39, 0.29) is 5.82 Å². The highest BCUT2D eigenvalue weighted by Gasteiger charge is 2.08. The van der Waals surface area contributed by atoms with Crippen LogP contribution in [-0.2, 0) is 6.54 Å². The van der Waals surface area contributed by atoms with Crippen molar-refractivity contribution in [2.24, 2.45) is 0 Å². The van der Waals surface area contributed by atoms with Gasteiger partial charge in [0.05, 0.1) is 0 Å². The highest BCUT2D eigenvalue weighted by molar-refractivity contribution is 6.30. The quantitative estimate of drug-likeness (QED) is 0.832. The Balaban J connectivity index is 2.23. The molecule has 0 amide bonds. The molecule has 2 aromatic carbocycles. The molecule has 2 rings (SSSR count). The summed E-state index contributed by atoms with van der Waals surface area (Å²) in [5, 5.41) is 3.97. The first-order valence-corrected chi connectivity index (χ1v) is 7.29. The molecule has 2 aromatic rings. The van der Waals surface area contributed by atoms with Crippen molar-refractivity contribution in [3.05, 3.63) is 58.4 Å². The fourth-order valence-corrected chi connectivity index (χ4v) is 2.06. The maximum Gasteiger partial charge on any atom is 0.132 e. The normalized spacial score (nSPS) is 11.0. The predicted molar refractivity (Wildman–Crippen MR) is 84.6 cm³/mol. The van der Waals surface area contributed by atoms with Crippen molar-refractivity contribution in [2.45, 2.75) is 33.4 Å². The zero-order valence-electron chi connectivity index (χ0n) is 12.4. The van der Waals surface area contributed by atoms with E-state index in [1.165, 1.54) is 6.07 Å². The summed E-state index contributed by atoms with van der Waals surface area (Å²) in [6, 6.07) is 10.6. The van der Waals surface area contributed by atoms with Gasteiger partial charge < -0.3 is 10.1 Å². The SMILES string of the molecule is Cc1ccc(Oc2ccc(Cl)cc2CNC(C)C)cc1F. The zero-order chi connectivity index (χ0) is 15.4. The molecule has 0 aliphatic carbocycles. The van der Waals surface area contributed by atoms with E-state index in [0.29, 0.717) is 34.7 Å². The van der Waals surface area contributed by atoms with E-state index >= 15 is 0 Å². The largest absolute Gasteiger partial charge is 0.457 e. The minimum Gasteiger partial charge on any atom is -0.457 e. The summed E-state index contributed by atoms with van der Waals surface area (Å²) in [5.41, 5.74) is 1.54. The minimum atomic E-state index is -0.275. The summed E-state index contributed by atoms with van der Waals surface area (Å²) in [5.74, 6) is 0.880. The van der Waals surface area contributed by atoms with Crippen LogP contribution in [0.15, 0.2) is 36.4 Å². The molecule has 0 spiro atoms. The number of nitrogens with one attached hydrogen (secondary N) is 1. The Morgan fingerprint density at radius 2 is 1.95 bits per heavy atom. The Kier molecular flexibility index (Phi) is 5.21. The average molecular weight is 308 g/mol. The highest BCUT2D eigenvalue weighted by Crippen LogP contribution is 2.29. The molecule has 0 aromatic heterocycles. The highest BCUT2D eigenvalue weighted by atomic mass is 35.5. The monoisotopic (exact) mass is 307 g/mol. The van der Waals surface area contributed by atoms with E-state index in [2.05, 4.69) is 19.2 Å². The van der Waals surface area contributed by atoms with Crippen LogP contribution >= 0.6 is 11.6 Å². The summed E-state index contributed by atoms with van der Waals surface area (Å²) >= 11 is 6.04. The molecule has 0 saturated carbocycles. The molecule has 0 atom stereocenters. The standard InChI is InChI=1S/C17H19ClFNO/c1-11(2)20-10-13-8-14(18)5-7-17(13)21-15-6-4-12(3)16(19)9-15/h4-9,11,20H,10H2,1-3H3. The van der Waals surface area contributed by atoms with Gasteiger partial charge in [-0.1, -0.05) is 31.5 Å². The molecule has 1 N–H and O–H groups in total. The molecule has 0 aliphatic heterocycles. The fraction of sp³-hybridized carbons (Fsp3) is 0.294. The molecular formula is C17H19ClFNO. The van der Waals surface area contributed by atoms with Crippen molar-refractivity contribution in [3.63, 3.8) is 0 Å². The van der Waals surface area contributed by atoms with Crippen LogP contribution < -0.4 is 10.1 Å². The average Bonchev–Trinajstić information content (AvgIpc) is 2.43. The third-order valence-electron chi connectivity index (χ3n) is 3.09. The number of hydrogen-bond donors (Lipinski definition) is 1. The Hall–Kier alpha value is -1.58. The van der Waals surface area contributed by atoms with Crippen molar-refractivity contribution in [2.75, 3.05) is 0 Å². The van der Waals surface area contributed by atoms with Crippen molar-refractivity contribution in [1.82, 2.24) is 5.32 Å². The maximum absolute atomic E-state index is 13.6. The molecule has 0 aliphatic rings. The smallest absolute Gasteiger partial charge is 0.132 e. The molecule has 4 heteroatoms. The van der Waals surface area contributed by atoms with Gasteiger partial charge in [0.25, 0.3) is 0 Å². The number of halogens is 2. The van der Waals surface area contributed by atoms with Crippen LogP contribution in [0.3, 0.4) is 0 Å². The van der Waals surface area contributed by atoms with Crippen LogP contribution in [0.25, 0.3) is 0 Å². The van der Waals surface area contributed by atoms with Crippen LogP contribution in [0.5, 0.6) is 11.5 Å². The Labute approximate surface area is 129 Å². The Bertz CT molecular complexity index is 628. The van der Waals surface area contributed by atoms with Gasteiger partial charge in [-0.25, -0.2) is 4.39 Å². The van der Waals surface area contributed by atoms with E-state index in [1.54, 1.807) is 31.2 Å². The van der Waals surface area contributed by atoms with Crippen LogP contribution in [0.2, 0.25) is 5.02 Å². The molecule has 21 heavy (non-hydrogen) atoms. The number of aryl methyl sites for hydroxylation is 1. The lowest BCUT2D eigenvalue weighted by Gasteiger charge is -2.14. The summed E-state index contributed by atoms with van der Waals surface area (Å²) in [6.45, 7) is 6.50. The molecule has 2 nitrogen and oxygen atoms in total. The number of ether oxygens (including phenoxy) is 1. The third-order valence-corrected chi connectivity index (χ3v) is 3.33. The molecule has 0 radical (unpaired) electrons. The number of benzene rings is 2. The molecule has 0 bridgehead atoms. The van der Waals surface area contributed by atoms with Crippen molar-refractivity contribution >= 4 is 11.6 Å². The first-order valence-electron chi connectivity index (χ1n) is 6.91. The third kappa shape index (κ3) is 4.45. The second kappa shape index (κ2) is 6.92. The molecule has 0 saturated heterocycles. The zero-order valence-corrected chi connectivity index (χ0v) is 13.2. The van der Waals surface area contributed by atoms with Gasteiger partial charge in [0.2, 0.25) is 0 Å². The summed E-state index contributed by atoms with van der Waals surface area (Å²) < 4.78 is 19.4. The van der Waals surface area contributed by atoms with E-state index in [9.17, 15) is 4.39 Å². The summed E-state index contributed by atoms with van der Waals surface area (Å²) in [4.78, 5) is 0. The number of hydrogen-bond acceptors (Lipinski definition) is 2. The molecule has 0 heterocycles. The van der Waals surface area contributed by atoms with Gasteiger partial charge in [0.15, 0.2) is 0 Å². The van der Waals surface area contributed by atoms with Crippen LogP contribution in [0, 0.1) is 12.7 Å². The lowest BCUT2D eigenvalue weighted by atomic mass is 10.2. The Morgan fingerprint density at radius 3 is 2.62 bits per heavy atom. The van der Waals surface area contributed by atoms with Gasteiger partial charge in [-0.15, -0.1) is 0 Å². The van der Waals surface area contributed by atoms with E-state index < -0.39 is 0 Å². The second-order valence-electron chi connectivity index (χ2n) is 5.30. The summed E-state index contributed by atoms with van der Waals surface area (Å²) in [7, 11) is 0. The second-order valence-corrected chi connectivity index (χ2v) is 5.74. The fourth-order valence-electron chi connectivity index (χ4n) is 1.86. The lowest BCUT2D eigenvalue weighted by Crippen LogP contribution is -2.22. The number of rotatable bonds is 5.